The number of aromatic hydroxyl groups is 2. The number of piperidine rings is 2. The highest BCUT2D eigenvalue weighted by molar-refractivity contribution is 5.78. The summed E-state index contributed by atoms with van der Waals surface area (Å²) in [5.41, 5.74) is 4.22. The predicted octanol–water partition coefficient (Wildman–Crippen LogP) is 3.15. The van der Waals surface area contributed by atoms with Crippen LogP contribution in [0.3, 0.4) is 0 Å². The van der Waals surface area contributed by atoms with Gasteiger partial charge in [0.2, 0.25) is 17.7 Å². The second-order valence-electron chi connectivity index (χ2n) is 15.9. The molecule has 3 aliphatic rings. The Kier molecular flexibility index (Phi) is 11.4. The number of hydrogen-bond donors (Lipinski definition) is 6. The van der Waals surface area contributed by atoms with Gasteiger partial charge in [-0.2, -0.15) is 0 Å². The quantitative estimate of drug-likeness (QED) is 0.123. The number of nitrogens with zero attached hydrogens (tertiary/aromatic N) is 9. The second kappa shape index (κ2) is 16.4. The number of amides is 1. The number of aliphatic hydroxyl groups is 1. The van der Waals surface area contributed by atoms with Gasteiger partial charge in [-0.3, -0.25) is 9.69 Å². The number of phenols is 2. The zero-order valence-corrected chi connectivity index (χ0v) is 32.1. The number of rotatable bonds is 12. The van der Waals surface area contributed by atoms with Crippen molar-refractivity contribution in [3.8, 4) is 34.1 Å². The van der Waals surface area contributed by atoms with Crippen molar-refractivity contribution < 1.29 is 20.1 Å². The number of aryl methyl sites for hydroxylation is 4. The third-order valence-corrected chi connectivity index (χ3v) is 11.0. The van der Waals surface area contributed by atoms with E-state index in [0.29, 0.717) is 60.9 Å². The third-order valence-electron chi connectivity index (χ3n) is 11.0. The summed E-state index contributed by atoms with van der Waals surface area (Å²) >= 11 is 0. The normalized spacial score (nSPS) is 23.2. The van der Waals surface area contributed by atoms with Gasteiger partial charge in [0, 0.05) is 36.8 Å². The average Bonchev–Trinajstić information content (AvgIpc) is 3.11. The number of nitrogens with one attached hydrogen (secondary N) is 3. The van der Waals surface area contributed by atoms with Gasteiger partial charge in [-0.1, -0.05) is 12.1 Å². The van der Waals surface area contributed by atoms with Gasteiger partial charge in [-0.25, -0.2) is 4.98 Å². The fraction of sp³-hybridized carbons (Fsp3) is 0.538. The molecule has 1 amide bonds. The Labute approximate surface area is 321 Å². The molecule has 2 saturated heterocycles. The van der Waals surface area contributed by atoms with E-state index in [4.69, 9.17) is 0 Å². The molecule has 0 spiro atoms. The van der Waals surface area contributed by atoms with Gasteiger partial charge in [0.25, 0.3) is 5.95 Å². The molecule has 1 aliphatic carbocycles. The van der Waals surface area contributed by atoms with Crippen LogP contribution in [0, 0.1) is 20.8 Å². The lowest BCUT2D eigenvalue weighted by molar-refractivity contribution is -0.127. The van der Waals surface area contributed by atoms with Crippen molar-refractivity contribution in [1.82, 2.24) is 50.7 Å². The van der Waals surface area contributed by atoms with E-state index in [1.807, 2.05) is 32.9 Å². The minimum atomic E-state index is -0.937. The van der Waals surface area contributed by atoms with E-state index in [9.17, 15) is 20.1 Å². The molecule has 4 aromatic rings. The van der Waals surface area contributed by atoms with Crippen molar-refractivity contribution in [1.29, 1.82) is 0 Å². The van der Waals surface area contributed by atoms with E-state index in [1.54, 1.807) is 18.3 Å². The summed E-state index contributed by atoms with van der Waals surface area (Å²) in [5, 5.41) is 68.2. The second-order valence-corrected chi connectivity index (χ2v) is 15.9. The van der Waals surface area contributed by atoms with Gasteiger partial charge in [-0.05, 0) is 127 Å². The molecular formula is C39H52N12O4. The van der Waals surface area contributed by atoms with E-state index < -0.39 is 5.60 Å². The minimum Gasteiger partial charge on any atom is -0.507 e. The number of hydrogen-bond acceptors (Lipinski definition) is 15. The fourth-order valence-corrected chi connectivity index (χ4v) is 8.39. The monoisotopic (exact) mass is 752 g/mol. The number of aromatic nitrogens is 7. The van der Waals surface area contributed by atoms with E-state index >= 15 is 0 Å². The lowest BCUT2D eigenvalue weighted by atomic mass is 9.72. The number of anilines is 2. The van der Waals surface area contributed by atoms with Crippen LogP contribution >= 0.6 is 0 Å². The van der Waals surface area contributed by atoms with E-state index in [-0.39, 0.29) is 47.9 Å². The highest BCUT2D eigenvalue weighted by atomic mass is 16.3. The maximum atomic E-state index is 13.1. The van der Waals surface area contributed by atoms with Crippen molar-refractivity contribution in [3.63, 3.8) is 0 Å². The molecule has 0 bridgehead atoms. The van der Waals surface area contributed by atoms with Crippen LogP contribution in [0.15, 0.2) is 30.5 Å². The minimum absolute atomic E-state index is 0.0468. The molecule has 7 rings (SSSR count). The largest absolute Gasteiger partial charge is 0.507 e. The topological polar surface area (TPSA) is 211 Å². The summed E-state index contributed by atoms with van der Waals surface area (Å²) in [6.07, 6.45) is 7.41. The standard InChI is InChI=1S/C39H52N12O4/c1-23-13-25(3)34(31(52)15-23)30-19-40-37(47-44-30)42-28-8-6-12-51(21-28)22-33(54)41-29-17-39(55,18-29)10-9-26-14-24(2)16-32(53)35(26)36-45-48-38(49-46-36)43-27-7-5-11-50(4)20-27/h13-16,19,27-29,52-53,55H,5-12,17-18,20-22H2,1-4H3,(H,41,54)(H,40,42,47)(H,43,48,49)/t27-,28-,29-,39+/m1/s1. The summed E-state index contributed by atoms with van der Waals surface area (Å²) in [6.45, 7) is 9.45. The molecule has 0 radical (unpaired) electrons. The molecule has 4 heterocycles. The van der Waals surface area contributed by atoms with Crippen LogP contribution < -0.4 is 16.0 Å². The van der Waals surface area contributed by atoms with Crippen LogP contribution in [-0.4, -0.2) is 130 Å². The zero-order valence-electron chi connectivity index (χ0n) is 32.1. The molecule has 2 aliphatic heterocycles. The van der Waals surface area contributed by atoms with Crippen molar-refractivity contribution in [3.05, 3.63) is 52.7 Å². The first kappa shape index (κ1) is 38.2. The van der Waals surface area contributed by atoms with Gasteiger partial charge in [0.05, 0.1) is 23.9 Å². The van der Waals surface area contributed by atoms with Gasteiger partial charge in [-0.15, -0.1) is 30.6 Å². The Morgan fingerprint density at radius 1 is 0.818 bits per heavy atom. The highest BCUT2D eigenvalue weighted by Crippen LogP contribution is 2.39. The zero-order chi connectivity index (χ0) is 38.7. The van der Waals surface area contributed by atoms with E-state index in [0.717, 1.165) is 67.6 Å². The van der Waals surface area contributed by atoms with Crippen LogP contribution in [0.1, 0.15) is 67.2 Å². The molecule has 16 nitrogen and oxygen atoms in total. The Hall–Kier alpha value is -5.06. The number of benzene rings is 2. The maximum absolute atomic E-state index is 13.1. The first-order valence-corrected chi connectivity index (χ1v) is 19.3. The number of carbonyl (C=O) groups is 1. The first-order chi connectivity index (χ1) is 26.4. The van der Waals surface area contributed by atoms with Crippen molar-refractivity contribution in [2.75, 3.05) is 50.4 Å². The maximum Gasteiger partial charge on any atom is 0.262 e. The Morgan fingerprint density at radius 2 is 1.47 bits per heavy atom. The first-order valence-electron chi connectivity index (χ1n) is 19.3. The van der Waals surface area contributed by atoms with E-state index in [2.05, 4.69) is 68.4 Å². The molecule has 55 heavy (non-hydrogen) atoms. The summed E-state index contributed by atoms with van der Waals surface area (Å²) in [4.78, 5) is 21.9. The van der Waals surface area contributed by atoms with Crippen molar-refractivity contribution in [2.24, 2.45) is 0 Å². The Bertz CT molecular complexity index is 1950. The van der Waals surface area contributed by atoms with Crippen LogP contribution in [-0.2, 0) is 11.2 Å². The van der Waals surface area contributed by atoms with Crippen molar-refractivity contribution in [2.45, 2.75) is 95.9 Å². The molecular weight excluding hydrogens is 701 g/mol. The smallest absolute Gasteiger partial charge is 0.262 e. The number of likely N-dealkylation sites (tertiary alicyclic amines) is 2. The Morgan fingerprint density at radius 3 is 2.16 bits per heavy atom. The molecule has 292 valence electrons. The lowest BCUT2D eigenvalue weighted by Crippen LogP contribution is -2.57. The van der Waals surface area contributed by atoms with Crippen LogP contribution in [0.5, 0.6) is 11.5 Å². The predicted molar refractivity (Wildman–Crippen MR) is 208 cm³/mol. The summed E-state index contributed by atoms with van der Waals surface area (Å²) in [6, 6.07) is 7.49. The van der Waals surface area contributed by atoms with Gasteiger partial charge in [0.1, 0.15) is 17.2 Å². The van der Waals surface area contributed by atoms with Gasteiger partial charge >= 0.3 is 0 Å². The number of carbonyl (C=O) groups excluding carboxylic acids is 1. The van der Waals surface area contributed by atoms with Crippen LogP contribution in [0.4, 0.5) is 11.9 Å². The molecule has 0 unspecified atom stereocenters. The molecule has 2 atom stereocenters. The van der Waals surface area contributed by atoms with Crippen LogP contribution in [0.2, 0.25) is 0 Å². The molecule has 3 fully saturated rings. The van der Waals surface area contributed by atoms with Crippen LogP contribution in [0.25, 0.3) is 22.6 Å². The summed E-state index contributed by atoms with van der Waals surface area (Å²) in [5.74, 6) is 1.12. The Balaban J connectivity index is 0.875. The molecule has 16 heteroatoms. The molecule has 1 saturated carbocycles. The average molecular weight is 753 g/mol. The van der Waals surface area contributed by atoms with E-state index in [1.165, 1.54) is 0 Å². The van der Waals surface area contributed by atoms with Gasteiger partial charge in [0.15, 0.2) is 0 Å². The van der Waals surface area contributed by atoms with Gasteiger partial charge < -0.3 is 36.2 Å². The summed E-state index contributed by atoms with van der Waals surface area (Å²) in [7, 11) is 2.09. The highest BCUT2D eigenvalue weighted by Gasteiger charge is 2.43. The fourth-order valence-electron chi connectivity index (χ4n) is 8.39. The number of phenolic OH excluding ortho intramolecular Hbond substituents is 2. The third kappa shape index (κ3) is 9.43. The number of likely N-dealkylation sites (N-methyl/N-ethyl adjacent to an activating group) is 1. The molecule has 6 N–H and O–H groups in total. The van der Waals surface area contributed by atoms with Crippen molar-refractivity contribution >= 4 is 17.8 Å². The lowest BCUT2D eigenvalue weighted by Gasteiger charge is -2.44. The SMILES string of the molecule is Cc1cc(C)c(-c2cnc(N[C@@H]3CCCN(CC(=O)N[C@H]4C[C@](O)(CCc5cc(C)cc(O)c5-c5nnc(N[C@@H]6CCCN(C)C6)nn5)C4)C3)nn2)c(O)c1. The summed E-state index contributed by atoms with van der Waals surface area (Å²) < 4.78 is 0. The molecule has 2 aromatic carbocycles. The molecule has 2 aromatic heterocycles.